The number of hydrogen-bond donors (Lipinski definition) is 1. The van der Waals surface area contributed by atoms with Gasteiger partial charge in [0.05, 0.1) is 9.90 Å². The van der Waals surface area contributed by atoms with Gasteiger partial charge in [0.2, 0.25) is 0 Å². The molecule has 0 aliphatic heterocycles. The Kier molecular flexibility index (Phi) is 2.26. The predicted octanol–water partition coefficient (Wildman–Crippen LogP) is 2.19. The smallest absolute Gasteiger partial charge is 0.324 e. The van der Waals surface area contributed by atoms with E-state index in [2.05, 4.69) is 4.98 Å². The predicted molar refractivity (Wildman–Crippen MR) is 55.5 cm³/mol. The monoisotopic (exact) mass is 227 g/mol. The Morgan fingerprint density at radius 1 is 1.64 bits per heavy atom. The Morgan fingerprint density at radius 3 is 3.00 bits per heavy atom. The zero-order chi connectivity index (χ0) is 10.1. The van der Waals surface area contributed by atoms with Crippen molar-refractivity contribution in [2.45, 2.75) is 0 Å². The van der Waals surface area contributed by atoms with Crippen molar-refractivity contribution in [1.82, 2.24) is 9.55 Å². The summed E-state index contributed by atoms with van der Waals surface area (Å²) in [5.41, 5.74) is 5.16. The molecule has 0 atom stereocenters. The Balaban J connectivity index is 2.51. The number of carbonyl (C=O) groups is 1. The fourth-order valence-corrected chi connectivity index (χ4v) is 2.16. The minimum atomic E-state index is -0.554. The summed E-state index contributed by atoms with van der Waals surface area (Å²) >= 11 is 7.18. The van der Waals surface area contributed by atoms with Crippen molar-refractivity contribution < 1.29 is 4.79 Å². The summed E-state index contributed by atoms with van der Waals surface area (Å²) in [7, 11) is 0. The summed E-state index contributed by atoms with van der Waals surface area (Å²) in [4.78, 5) is 15.8. The average Bonchev–Trinajstić information content (AvgIpc) is 2.70. The lowest BCUT2D eigenvalue weighted by Gasteiger charge is -1.98. The van der Waals surface area contributed by atoms with E-state index in [1.807, 2.05) is 0 Å². The van der Waals surface area contributed by atoms with E-state index < -0.39 is 6.03 Å². The third-order valence-corrected chi connectivity index (χ3v) is 2.94. The van der Waals surface area contributed by atoms with Crippen LogP contribution in [0.2, 0.25) is 5.02 Å². The number of primary amides is 1. The van der Waals surface area contributed by atoms with Crippen LogP contribution in [-0.4, -0.2) is 15.6 Å². The second-order valence-electron chi connectivity index (χ2n) is 2.59. The van der Waals surface area contributed by atoms with Gasteiger partial charge >= 0.3 is 6.03 Å². The third kappa shape index (κ3) is 1.51. The van der Waals surface area contributed by atoms with Gasteiger partial charge in [-0.3, -0.25) is 4.57 Å². The first-order valence-corrected chi connectivity index (χ1v) is 5.02. The van der Waals surface area contributed by atoms with E-state index in [-0.39, 0.29) is 0 Å². The summed E-state index contributed by atoms with van der Waals surface area (Å²) in [5, 5.41) is 2.40. The average molecular weight is 228 g/mol. The van der Waals surface area contributed by atoms with Crippen LogP contribution >= 0.6 is 22.9 Å². The third-order valence-electron chi connectivity index (χ3n) is 1.67. The number of carbonyl (C=O) groups excluding carboxylic acids is 1. The molecular weight excluding hydrogens is 222 g/mol. The summed E-state index contributed by atoms with van der Waals surface area (Å²) in [5.74, 6) is 0.523. The van der Waals surface area contributed by atoms with E-state index in [0.717, 1.165) is 4.88 Å². The van der Waals surface area contributed by atoms with E-state index in [1.165, 1.54) is 28.3 Å². The van der Waals surface area contributed by atoms with Crippen molar-refractivity contribution in [3.05, 3.63) is 28.9 Å². The van der Waals surface area contributed by atoms with Crippen LogP contribution in [0.25, 0.3) is 10.7 Å². The highest BCUT2D eigenvalue weighted by Gasteiger charge is 2.10. The molecule has 2 aromatic heterocycles. The fraction of sp³-hybridized carbons (Fsp3) is 0. The molecule has 14 heavy (non-hydrogen) atoms. The van der Waals surface area contributed by atoms with Crippen molar-refractivity contribution in [3.8, 4) is 10.7 Å². The number of rotatable bonds is 1. The van der Waals surface area contributed by atoms with Gasteiger partial charge in [-0.15, -0.1) is 11.3 Å². The van der Waals surface area contributed by atoms with Crippen LogP contribution in [0.15, 0.2) is 23.8 Å². The van der Waals surface area contributed by atoms with E-state index in [4.69, 9.17) is 17.3 Å². The van der Waals surface area contributed by atoms with Crippen molar-refractivity contribution >= 4 is 29.0 Å². The van der Waals surface area contributed by atoms with E-state index in [0.29, 0.717) is 10.8 Å². The molecule has 0 spiro atoms. The maximum atomic E-state index is 11.0. The summed E-state index contributed by atoms with van der Waals surface area (Å²) in [6, 6.07) is 1.19. The fourth-order valence-electron chi connectivity index (χ4n) is 1.09. The Hall–Kier alpha value is -1.33. The van der Waals surface area contributed by atoms with Gasteiger partial charge in [-0.25, -0.2) is 9.78 Å². The number of nitrogens with zero attached hydrogens (tertiary/aromatic N) is 2. The highest BCUT2D eigenvalue weighted by molar-refractivity contribution is 7.14. The standard InChI is InChI=1S/C8H6ClN3OS/c9-5-3-6(14-4-5)7-11-1-2-12(7)8(10)13/h1-4H,(H2,10,13). The molecule has 4 nitrogen and oxygen atoms in total. The molecule has 0 saturated heterocycles. The first kappa shape index (κ1) is 9.23. The second-order valence-corrected chi connectivity index (χ2v) is 3.94. The first-order chi connectivity index (χ1) is 6.68. The molecule has 0 saturated carbocycles. The second kappa shape index (κ2) is 3.43. The minimum Gasteiger partial charge on any atom is -0.351 e. The number of thiophene rings is 1. The molecule has 0 aliphatic rings. The Morgan fingerprint density at radius 2 is 2.43 bits per heavy atom. The van der Waals surface area contributed by atoms with Gasteiger partial charge in [0.25, 0.3) is 0 Å². The maximum absolute atomic E-state index is 11.0. The largest absolute Gasteiger partial charge is 0.351 e. The molecule has 6 heteroatoms. The molecule has 0 unspecified atom stereocenters. The summed E-state index contributed by atoms with van der Waals surface area (Å²) in [6.45, 7) is 0. The Bertz CT molecular complexity index is 476. The molecule has 2 rings (SSSR count). The lowest BCUT2D eigenvalue weighted by Crippen LogP contribution is -2.19. The number of halogens is 1. The molecule has 0 radical (unpaired) electrons. The SMILES string of the molecule is NC(=O)n1ccnc1-c1cc(Cl)cs1. The van der Waals surface area contributed by atoms with Crippen LogP contribution in [0.5, 0.6) is 0 Å². The van der Waals surface area contributed by atoms with Crippen LogP contribution in [0.3, 0.4) is 0 Å². The molecule has 2 aromatic rings. The first-order valence-electron chi connectivity index (χ1n) is 3.76. The van der Waals surface area contributed by atoms with Crippen LogP contribution in [0.1, 0.15) is 0 Å². The topological polar surface area (TPSA) is 60.9 Å². The van der Waals surface area contributed by atoms with Gasteiger partial charge in [0.1, 0.15) is 0 Å². The molecule has 2 N–H and O–H groups in total. The lowest BCUT2D eigenvalue weighted by atomic mass is 10.4. The normalized spacial score (nSPS) is 10.4. The van der Waals surface area contributed by atoms with Crippen LogP contribution in [0.4, 0.5) is 4.79 Å². The Labute approximate surface area is 88.9 Å². The summed E-state index contributed by atoms with van der Waals surface area (Å²) < 4.78 is 1.28. The van der Waals surface area contributed by atoms with Crippen LogP contribution in [-0.2, 0) is 0 Å². The van der Waals surface area contributed by atoms with Crippen molar-refractivity contribution in [2.24, 2.45) is 5.73 Å². The van der Waals surface area contributed by atoms with Crippen LogP contribution < -0.4 is 5.73 Å². The summed E-state index contributed by atoms with van der Waals surface area (Å²) in [6.07, 6.45) is 3.04. The van der Waals surface area contributed by atoms with E-state index >= 15 is 0 Å². The molecular formula is C8H6ClN3OS. The van der Waals surface area contributed by atoms with Gasteiger partial charge in [0.15, 0.2) is 5.82 Å². The zero-order valence-corrected chi connectivity index (χ0v) is 8.55. The molecule has 0 bridgehead atoms. The number of imidazole rings is 1. The van der Waals surface area contributed by atoms with E-state index in [9.17, 15) is 4.79 Å². The highest BCUT2D eigenvalue weighted by Crippen LogP contribution is 2.28. The number of aromatic nitrogens is 2. The number of amides is 1. The highest BCUT2D eigenvalue weighted by atomic mass is 35.5. The van der Waals surface area contributed by atoms with Gasteiger partial charge in [-0.05, 0) is 6.07 Å². The van der Waals surface area contributed by atoms with Gasteiger partial charge < -0.3 is 5.73 Å². The number of hydrogen-bond acceptors (Lipinski definition) is 3. The maximum Gasteiger partial charge on any atom is 0.324 e. The number of nitrogens with two attached hydrogens (primary N) is 1. The molecule has 1 amide bonds. The molecule has 2 heterocycles. The van der Waals surface area contributed by atoms with Crippen molar-refractivity contribution in [2.75, 3.05) is 0 Å². The molecule has 72 valence electrons. The van der Waals surface area contributed by atoms with Crippen molar-refractivity contribution in [1.29, 1.82) is 0 Å². The van der Waals surface area contributed by atoms with Crippen LogP contribution in [0, 0.1) is 0 Å². The quantitative estimate of drug-likeness (QED) is 0.812. The zero-order valence-electron chi connectivity index (χ0n) is 6.98. The van der Waals surface area contributed by atoms with Gasteiger partial charge in [-0.1, -0.05) is 11.6 Å². The van der Waals surface area contributed by atoms with E-state index in [1.54, 1.807) is 11.4 Å². The van der Waals surface area contributed by atoms with Crippen molar-refractivity contribution in [3.63, 3.8) is 0 Å². The molecule has 0 aliphatic carbocycles. The molecule has 0 fully saturated rings. The lowest BCUT2D eigenvalue weighted by molar-refractivity contribution is 0.250. The minimum absolute atomic E-state index is 0.523. The van der Waals surface area contributed by atoms with Gasteiger partial charge in [0, 0.05) is 17.8 Å². The molecule has 0 aromatic carbocycles. The van der Waals surface area contributed by atoms with Gasteiger partial charge in [-0.2, -0.15) is 0 Å².